The summed E-state index contributed by atoms with van der Waals surface area (Å²) in [5, 5.41) is 8.43. The molecule has 32 heavy (non-hydrogen) atoms. The monoisotopic (exact) mass is 531 g/mol. The smallest absolute Gasteiger partial charge is 0.187 e. The van der Waals surface area contributed by atoms with Crippen LogP contribution in [0.3, 0.4) is 0 Å². The fourth-order valence-corrected chi connectivity index (χ4v) is 3.70. The predicted octanol–water partition coefficient (Wildman–Crippen LogP) is 6.08. The van der Waals surface area contributed by atoms with Crippen molar-refractivity contribution in [1.29, 1.82) is 0 Å². The molecule has 0 bridgehead atoms. The maximum Gasteiger partial charge on any atom is 0.187 e. The molecule has 3 aromatic rings. The molecule has 0 amide bonds. The Morgan fingerprint density at radius 1 is 1.09 bits per heavy atom. The van der Waals surface area contributed by atoms with Crippen LogP contribution in [0.25, 0.3) is 0 Å². The normalized spacial score (nSPS) is 10.7. The van der Waals surface area contributed by atoms with E-state index in [9.17, 15) is 0 Å². The van der Waals surface area contributed by atoms with E-state index < -0.39 is 0 Å². The molecule has 0 aliphatic rings. The minimum Gasteiger partial charge on any atom is -0.490 e. The van der Waals surface area contributed by atoms with Crippen LogP contribution in [-0.4, -0.2) is 17.9 Å². The fourth-order valence-electron chi connectivity index (χ4n) is 2.81. The second-order valence-corrected chi connectivity index (χ2v) is 8.35. The third-order valence-electron chi connectivity index (χ3n) is 4.34. The van der Waals surface area contributed by atoms with E-state index in [2.05, 4.69) is 31.8 Å². The van der Waals surface area contributed by atoms with Gasteiger partial charge >= 0.3 is 0 Å². The lowest BCUT2D eigenvalue weighted by Crippen LogP contribution is -2.31. The zero-order chi connectivity index (χ0) is 22.8. The fraction of sp³-hybridized carbons (Fsp3) is 0.167. The average Bonchev–Trinajstić information content (AvgIpc) is 2.79. The van der Waals surface area contributed by atoms with Gasteiger partial charge in [-0.15, -0.1) is 0 Å². The van der Waals surface area contributed by atoms with Crippen molar-refractivity contribution in [2.24, 2.45) is 5.10 Å². The molecule has 0 saturated heterocycles. The summed E-state index contributed by atoms with van der Waals surface area (Å²) >= 11 is 15.1. The molecule has 0 radical (unpaired) electrons. The third kappa shape index (κ3) is 7.22. The number of hydrazone groups is 1. The van der Waals surface area contributed by atoms with E-state index in [1.54, 1.807) is 6.21 Å². The van der Waals surface area contributed by atoms with Crippen LogP contribution >= 0.6 is 39.7 Å². The molecule has 0 spiro atoms. The second kappa shape index (κ2) is 12.4. The Morgan fingerprint density at radius 2 is 1.84 bits per heavy atom. The van der Waals surface area contributed by atoms with Crippen molar-refractivity contribution in [3.8, 4) is 11.5 Å². The first-order chi connectivity index (χ1) is 15.6. The number of thiocarbonyl (C=S) groups is 1. The molecular formula is C24H23BrClN3O2S. The quantitative estimate of drug-likeness (QED) is 0.199. The maximum atomic E-state index is 6.23. The second-order valence-electron chi connectivity index (χ2n) is 6.68. The Labute approximate surface area is 206 Å². The SMILES string of the molecule is CCOc1cc(/C=N\NC(=S)NCc2ccccc2)cc(Br)c1OCc1ccccc1Cl. The van der Waals surface area contributed by atoms with Crippen molar-refractivity contribution in [1.82, 2.24) is 10.7 Å². The number of halogens is 2. The van der Waals surface area contributed by atoms with Gasteiger partial charge in [-0.2, -0.15) is 5.10 Å². The van der Waals surface area contributed by atoms with Gasteiger partial charge in [-0.05, 0) is 64.4 Å². The highest BCUT2D eigenvalue weighted by molar-refractivity contribution is 9.10. The lowest BCUT2D eigenvalue weighted by Gasteiger charge is -2.15. The summed E-state index contributed by atoms with van der Waals surface area (Å²) in [7, 11) is 0. The molecule has 3 rings (SSSR count). The Morgan fingerprint density at radius 3 is 2.59 bits per heavy atom. The molecular weight excluding hydrogens is 510 g/mol. The minimum atomic E-state index is 0.328. The molecule has 0 unspecified atom stereocenters. The summed E-state index contributed by atoms with van der Waals surface area (Å²) in [6, 6.07) is 21.4. The number of benzene rings is 3. The van der Waals surface area contributed by atoms with Gasteiger partial charge in [0.25, 0.3) is 0 Å². The molecule has 0 fully saturated rings. The van der Waals surface area contributed by atoms with Gasteiger partial charge in [0.2, 0.25) is 0 Å². The van der Waals surface area contributed by atoms with Crippen molar-refractivity contribution >= 4 is 51.1 Å². The summed E-state index contributed by atoms with van der Waals surface area (Å²) in [5.41, 5.74) is 5.69. The maximum absolute atomic E-state index is 6.23. The van der Waals surface area contributed by atoms with E-state index in [0.717, 1.165) is 21.2 Å². The molecule has 2 N–H and O–H groups in total. The van der Waals surface area contributed by atoms with Crippen LogP contribution in [0.4, 0.5) is 0 Å². The molecule has 0 heterocycles. The number of hydrogen-bond donors (Lipinski definition) is 2. The van der Waals surface area contributed by atoms with Crippen LogP contribution in [0.2, 0.25) is 5.02 Å². The lowest BCUT2D eigenvalue weighted by atomic mass is 10.2. The van der Waals surface area contributed by atoms with Gasteiger partial charge in [-0.25, -0.2) is 0 Å². The number of rotatable bonds is 9. The Hall–Kier alpha value is -2.61. The van der Waals surface area contributed by atoms with E-state index in [1.165, 1.54) is 0 Å². The van der Waals surface area contributed by atoms with Crippen LogP contribution in [-0.2, 0) is 13.2 Å². The number of nitrogens with zero attached hydrogens (tertiary/aromatic N) is 1. The highest BCUT2D eigenvalue weighted by atomic mass is 79.9. The Bertz CT molecular complexity index is 1080. The van der Waals surface area contributed by atoms with E-state index in [1.807, 2.05) is 73.7 Å². The molecule has 5 nitrogen and oxygen atoms in total. The summed E-state index contributed by atoms with van der Waals surface area (Å²) in [4.78, 5) is 0. The largest absolute Gasteiger partial charge is 0.490 e. The molecule has 0 atom stereocenters. The van der Waals surface area contributed by atoms with Crippen molar-refractivity contribution in [2.45, 2.75) is 20.1 Å². The minimum absolute atomic E-state index is 0.328. The third-order valence-corrected chi connectivity index (χ3v) is 5.53. The summed E-state index contributed by atoms with van der Waals surface area (Å²) in [6.07, 6.45) is 1.67. The van der Waals surface area contributed by atoms with Crippen molar-refractivity contribution in [3.05, 3.63) is 92.9 Å². The summed E-state index contributed by atoms with van der Waals surface area (Å²) in [5.74, 6) is 1.22. The van der Waals surface area contributed by atoms with E-state index in [0.29, 0.717) is 41.4 Å². The average molecular weight is 533 g/mol. The van der Waals surface area contributed by atoms with Crippen LogP contribution in [0, 0.1) is 0 Å². The lowest BCUT2D eigenvalue weighted by molar-refractivity contribution is 0.267. The molecule has 3 aromatic carbocycles. The van der Waals surface area contributed by atoms with Crippen molar-refractivity contribution < 1.29 is 9.47 Å². The van der Waals surface area contributed by atoms with Crippen molar-refractivity contribution in [3.63, 3.8) is 0 Å². The highest BCUT2D eigenvalue weighted by Gasteiger charge is 2.13. The number of ether oxygens (including phenoxy) is 2. The van der Waals surface area contributed by atoms with Crippen LogP contribution < -0.4 is 20.2 Å². The molecule has 166 valence electrons. The number of nitrogens with one attached hydrogen (secondary N) is 2. The molecule has 8 heteroatoms. The van der Waals surface area contributed by atoms with Gasteiger partial charge in [-0.3, -0.25) is 5.43 Å². The van der Waals surface area contributed by atoms with Gasteiger partial charge in [0, 0.05) is 17.1 Å². The van der Waals surface area contributed by atoms with Gasteiger partial charge in [0.05, 0.1) is 17.3 Å². The van der Waals surface area contributed by atoms with Gasteiger partial charge in [-0.1, -0.05) is 60.1 Å². The first-order valence-electron chi connectivity index (χ1n) is 10.00. The molecule has 0 aromatic heterocycles. The standard InChI is InChI=1S/C24H23BrClN3O2S/c1-2-30-22-13-18(15-28-29-24(32)27-14-17-8-4-3-5-9-17)12-20(25)23(22)31-16-19-10-6-7-11-21(19)26/h3-13,15H,2,14,16H2,1H3,(H2,27,29,32)/b28-15-. The zero-order valence-electron chi connectivity index (χ0n) is 17.5. The van der Waals surface area contributed by atoms with Crippen LogP contribution in [0.1, 0.15) is 23.6 Å². The van der Waals surface area contributed by atoms with Gasteiger partial charge in [0.15, 0.2) is 16.6 Å². The summed E-state index contributed by atoms with van der Waals surface area (Å²) < 4.78 is 12.5. The zero-order valence-corrected chi connectivity index (χ0v) is 20.6. The first kappa shape index (κ1) is 24.0. The van der Waals surface area contributed by atoms with E-state index in [-0.39, 0.29) is 0 Å². The van der Waals surface area contributed by atoms with Gasteiger partial charge < -0.3 is 14.8 Å². The number of hydrogen-bond acceptors (Lipinski definition) is 4. The van der Waals surface area contributed by atoms with E-state index >= 15 is 0 Å². The molecule has 0 aliphatic heterocycles. The molecule has 0 aliphatic carbocycles. The van der Waals surface area contributed by atoms with Gasteiger partial charge in [0.1, 0.15) is 6.61 Å². The van der Waals surface area contributed by atoms with Crippen LogP contribution in [0.5, 0.6) is 11.5 Å². The first-order valence-corrected chi connectivity index (χ1v) is 11.6. The Kier molecular flexibility index (Phi) is 9.34. The van der Waals surface area contributed by atoms with Crippen LogP contribution in [0.15, 0.2) is 76.3 Å². The highest BCUT2D eigenvalue weighted by Crippen LogP contribution is 2.37. The topological polar surface area (TPSA) is 54.9 Å². The Balaban J connectivity index is 1.62. The summed E-state index contributed by atoms with van der Waals surface area (Å²) in [6.45, 7) is 3.38. The van der Waals surface area contributed by atoms with Crippen molar-refractivity contribution in [2.75, 3.05) is 6.61 Å². The van der Waals surface area contributed by atoms with E-state index in [4.69, 9.17) is 33.3 Å². The molecule has 0 saturated carbocycles. The predicted molar refractivity (Wildman–Crippen MR) is 138 cm³/mol.